The zero-order valence-corrected chi connectivity index (χ0v) is 19.8. The Hall–Kier alpha value is -2.17. The smallest absolute Gasteiger partial charge is 0.341 e. The Morgan fingerprint density at radius 3 is 2.71 bits per heavy atom. The lowest BCUT2D eigenvalue weighted by Crippen LogP contribution is -2.16. The zero-order valence-electron chi connectivity index (χ0n) is 17.4. The molecule has 0 saturated heterocycles. The van der Waals surface area contributed by atoms with Crippen molar-refractivity contribution in [1.29, 1.82) is 0 Å². The summed E-state index contributed by atoms with van der Waals surface area (Å²) in [5.41, 5.74) is 1.97. The van der Waals surface area contributed by atoms with Gasteiger partial charge < -0.3 is 4.74 Å². The summed E-state index contributed by atoms with van der Waals surface area (Å²) in [5.74, 6) is -0.495. The van der Waals surface area contributed by atoms with E-state index in [1.54, 1.807) is 17.6 Å². The molecule has 3 aromatic rings. The van der Waals surface area contributed by atoms with Crippen LogP contribution in [0.1, 0.15) is 53.9 Å². The number of ether oxygens (including phenoxy) is 1. The minimum Gasteiger partial charge on any atom is -0.462 e. The molecule has 0 radical (unpaired) electrons. The number of carbonyl (C=O) groups excluding carboxylic acids is 1. The van der Waals surface area contributed by atoms with Crippen LogP contribution in [0.25, 0.3) is 10.2 Å². The Balaban J connectivity index is 1.73. The van der Waals surface area contributed by atoms with Crippen molar-refractivity contribution in [3.63, 3.8) is 0 Å². The zero-order chi connectivity index (χ0) is 22.2. The summed E-state index contributed by atoms with van der Waals surface area (Å²) in [4.78, 5) is 25.9. The van der Waals surface area contributed by atoms with Crippen molar-refractivity contribution in [2.75, 3.05) is 11.3 Å². The number of aryl methyl sites for hydroxylation is 2. The van der Waals surface area contributed by atoms with Crippen LogP contribution in [0.5, 0.6) is 0 Å². The number of aromatic nitrogens is 1. The van der Waals surface area contributed by atoms with Crippen molar-refractivity contribution in [3.05, 3.63) is 43.9 Å². The van der Waals surface area contributed by atoms with Crippen molar-refractivity contribution in [2.24, 2.45) is 0 Å². The van der Waals surface area contributed by atoms with E-state index in [9.17, 15) is 18.0 Å². The number of benzene rings is 1. The number of fused-ring (bicyclic) bond motifs is 2. The van der Waals surface area contributed by atoms with Gasteiger partial charge in [0.15, 0.2) is 0 Å². The third kappa shape index (κ3) is 4.16. The molecule has 1 aliphatic carbocycles. The largest absolute Gasteiger partial charge is 0.462 e. The first-order chi connectivity index (χ1) is 14.9. The van der Waals surface area contributed by atoms with E-state index >= 15 is 0 Å². The first-order valence-electron chi connectivity index (χ1n) is 10.3. The molecule has 4 rings (SSSR count). The molecule has 0 unspecified atom stereocenters. The number of hydrogen-bond acceptors (Lipinski definition) is 7. The summed E-state index contributed by atoms with van der Waals surface area (Å²) in [5, 5.41) is 0.308. The van der Waals surface area contributed by atoms with Gasteiger partial charge in [0.05, 0.1) is 27.3 Å². The quantitative estimate of drug-likeness (QED) is 0.506. The van der Waals surface area contributed by atoms with E-state index in [1.807, 2.05) is 6.92 Å². The maximum Gasteiger partial charge on any atom is 0.341 e. The van der Waals surface area contributed by atoms with Crippen molar-refractivity contribution >= 4 is 53.9 Å². The summed E-state index contributed by atoms with van der Waals surface area (Å²) in [7, 11) is -3.94. The summed E-state index contributed by atoms with van der Waals surface area (Å²) in [6.45, 7) is 4.53. The molecule has 7 nitrogen and oxygen atoms in total. The summed E-state index contributed by atoms with van der Waals surface area (Å²) in [6, 6.07) is 4.69. The number of hydrogen-bond donors (Lipinski definition) is 1. The van der Waals surface area contributed by atoms with E-state index < -0.39 is 16.0 Å². The molecule has 1 aliphatic rings. The molecule has 2 aromatic heterocycles. The fourth-order valence-electron chi connectivity index (χ4n) is 3.89. The van der Waals surface area contributed by atoms with Crippen LogP contribution >= 0.6 is 22.7 Å². The highest BCUT2D eigenvalue weighted by atomic mass is 32.2. The van der Waals surface area contributed by atoms with E-state index in [4.69, 9.17) is 4.74 Å². The van der Waals surface area contributed by atoms with Crippen LogP contribution in [0.4, 0.5) is 5.00 Å². The predicted molar refractivity (Wildman–Crippen MR) is 124 cm³/mol. The summed E-state index contributed by atoms with van der Waals surface area (Å²) < 4.78 is 36.5. The lowest BCUT2D eigenvalue weighted by molar-refractivity contribution is 0.0526. The van der Waals surface area contributed by atoms with Crippen molar-refractivity contribution in [3.8, 4) is 0 Å². The molecule has 31 heavy (non-hydrogen) atoms. The van der Waals surface area contributed by atoms with E-state index in [2.05, 4.69) is 4.72 Å². The Labute approximate surface area is 188 Å². The van der Waals surface area contributed by atoms with Crippen LogP contribution in [0, 0.1) is 0 Å². The standard InChI is InChI=1S/C21H24N2O5S3/c1-3-11-23-15-10-9-13(12-17(15)30-21(23)25)31(26,27)22-19-18(20(24)28-4-2)14-7-5-6-8-16(14)29-19/h9-10,12,22H,3-8,11H2,1-2H3. The van der Waals surface area contributed by atoms with Gasteiger partial charge in [0, 0.05) is 11.4 Å². The predicted octanol–water partition coefficient (Wildman–Crippen LogP) is 4.39. The van der Waals surface area contributed by atoms with Gasteiger partial charge in [0.1, 0.15) is 5.00 Å². The number of carbonyl (C=O) groups is 1. The molecular weight excluding hydrogens is 456 g/mol. The van der Waals surface area contributed by atoms with Gasteiger partial charge in [-0.25, -0.2) is 13.2 Å². The van der Waals surface area contributed by atoms with Gasteiger partial charge >= 0.3 is 10.8 Å². The fourth-order valence-corrected chi connectivity index (χ4v) is 7.53. The molecule has 166 valence electrons. The SMILES string of the molecule is CCCn1c(=O)sc2cc(S(=O)(=O)Nc3sc4c(c3C(=O)OCC)CCCC4)ccc21. The number of rotatable bonds is 7. The molecular formula is C21H24N2O5S3. The second kappa shape index (κ2) is 8.76. The number of thiophene rings is 1. The van der Waals surface area contributed by atoms with E-state index in [0.29, 0.717) is 21.8 Å². The van der Waals surface area contributed by atoms with Gasteiger partial charge in [-0.05, 0) is 62.8 Å². The highest BCUT2D eigenvalue weighted by Crippen LogP contribution is 2.39. The van der Waals surface area contributed by atoms with Crippen LogP contribution in [0.2, 0.25) is 0 Å². The molecule has 1 N–H and O–H groups in total. The van der Waals surface area contributed by atoms with Crippen molar-refractivity contribution in [1.82, 2.24) is 4.57 Å². The second-order valence-corrected chi connectivity index (χ2v) is 11.2. The number of anilines is 1. The van der Waals surface area contributed by atoms with Crippen LogP contribution < -0.4 is 9.60 Å². The molecule has 2 heterocycles. The van der Waals surface area contributed by atoms with E-state index in [1.165, 1.54) is 23.5 Å². The normalized spacial score (nSPS) is 13.9. The highest BCUT2D eigenvalue weighted by Gasteiger charge is 2.29. The van der Waals surface area contributed by atoms with E-state index in [0.717, 1.165) is 59.4 Å². The average Bonchev–Trinajstić information content (AvgIpc) is 3.24. The number of nitrogens with zero attached hydrogens (tertiary/aromatic N) is 1. The van der Waals surface area contributed by atoms with Crippen LogP contribution in [-0.2, 0) is 34.1 Å². The molecule has 10 heteroatoms. The number of sulfonamides is 1. The van der Waals surface area contributed by atoms with Gasteiger partial charge in [-0.3, -0.25) is 14.1 Å². The van der Waals surface area contributed by atoms with Gasteiger partial charge in [-0.2, -0.15) is 0 Å². The minimum absolute atomic E-state index is 0.0612. The second-order valence-electron chi connectivity index (χ2n) is 7.39. The Bertz CT molecular complexity index is 1300. The average molecular weight is 481 g/mol. The first-order valence-corrected chi connectivity index (χ1v) is 13.4. The molecule has 0 saturated carbocycles. The number of esters is 1. The van der Waals surface area contributed by atoms with Gasteiger partial charge in [-0.1, -0.05) is 18.3 Å². The third-order valence-corrected chi connectivity index (χ3v) is 8.90. The minimum atomic E-state index is -3.94. The third-order valence-electron chi connectivity index (χ3n) is 5.28. The Kier molecular flexibility index (Phi) is 6.23. The molecule has 0 spiro atoms. The number of thiazole rings is 1. The summed E-state index contributed by atoms with van der Waals surface area (Å²) >= 11 is 2.35. The maximum absolute atomic E-state index is 13.2. The fraction of sp³-hybridized carbons (Fsp3) is 0.429. The van der Waals surface area contributed by atoms with Crippen LogP contribution in [-0.4, -0.2) is 25.6 Å². The van der Waals surface area contributed by atoms with Gasteiger partial charge in [-0.15, -0.1) is 11.3 Å². The monoisotopic (exact) mass is 480 g/mol. The topological polar surface area (TPSA) is 94.5 Å². The summed E-state index contributed by atoms with van der Waals surface area (Å²) in [6.07, 6.45) is 4.37. The van der Waals surface area contributed by atoms with Crippen LogP contribution in [0.15, 0.2) is 27.9 Å². The van der Waals surface area contributed by atoms with Crippen LogP contribution in [0.3, 0.4) is 0 Å². The molecule has 0 bridgehead atoms. The number of nitrogens with one attached hydrogen (secondary N) is 1. The van der Waals surface area contributed by atoms with Gasteiger partial charge in [0.2, 0.25) is 0 Å². The molecule has 0 aliphatic heterocycles. The lowest BCUT2D eigenvalue weighted by Gasteiger charge is -2.12. The van der Waals surface area contributed by atoms with E-state index in [-0.39, 0.29) is 16.4 Å². The first kappa shape index (κ1) is 22.0. The molecule has 0 atom stereocenters. The molecule has 0 amide bonds. The molecule has 1 aromatic carbocycles. The van der Waals surface area contributed by atoms with Crippen molar-refractivity contribution in [2.45, 2.75) is 57.4 Å². The lowest BCUT2D eigenvalue weighted by atomic mass is 9.95. The maximum atomic E-state index is 13.2. The Morgan fingerprint density at radius 1 is 1.19 bits per heavy atom. The highest BCUT2D eigenvalue weighted by molar-refractivity contribution is 7.93. The molecule has 0 fully saturated rings. The van der Waals surface area contributed by atoms with Gasteiger partial charge in [0.25, 0.3) is 10.0 Å². The van der Waals surface area contributed by atoms with Crippen molar-refractivity contribution < 1.29 is 17.9 Å². The Morgan fingerprint density at radius 2 is 1.97 bits per heavy atom.